The molecule has 2 aromatic rings. The lowest BCUT2D eigenvalue weighted by molar-refractivity contribution is 0.491. The number of nitrogens with two attached hydrogens (primary N) is 1. The predicted molar refractivity (Wildman–Crippen MR) is 76.8 cm³/mol. The van der Waals surface area contributed by atoms with Crippen molar-refractivity contribution in [1.29, 1.82) is 0 Å². The second-order valence-corrected chi connectivity index (χ2v) is 5.64. The molecule has 1 aromatic carbocycles. The van der Waals surface area contributed by atoms with Gasteiger partial charge in [0.05, 0.1) is 11.0 Å². The Balaban J connectivity index is 2.39. The first-order valence-corrected chi connectivity index (χ1v) is 6.68. The van der Waals surface area contributed by atoms with Gasteiger partial charge in [-0.25, -0.2) is 4.98 Å². The van der Waals surface area contributed by atoms with Crippen LogP contribution in [0.5, 0.6) is 0 Å². The minimum atomic E-state index is 0.331. The molecular weight excluding hydrogens is 222 g/mol. The Morgan fingerprint density at radius 1 is 1.22 bits per heavy atom. The molecule has 3 N–H and O–H groups in total. The Labute approximate surface area is 109 Å². The average molecular weight is 245 g/mol. The quantitative estimate of drug-likeness (QED) is 0.868. The number of fused-ring (bicyclic) bond motifs is 1. The molecule has 1 atom stereocenters. The first-order chi connectivity index (χ1) is 8.51. The van der Waals surface area contributed by atoms with Crippen LogP contribution in [0.3, 0.4) is 0 Å². The van der Waals surface area contributed by atoms with Crippen molar-refractivity contribution < 1.29 is 0 Å². The fourth-order valence-electron chi connectivity index (χ4n) is 2.37. The standard InChI is InChI=1S/C15H23N3/c1-9(2)5-12(8-16)15-17-13-6-10(3)11(4)7-14(13)18-15/h6-7,9,12H,5,8,16H2,1-4H3,(H,17,18). The topological polar surface area (TPSA) is 54.7 Å². The van der Waals surface area contributed by atoms with Gasteiger partial charge in [0.2, 0.25) is 0 Å². The summed E-state index contributed by atoms with van der Waals surface area (Å²) < 4.78 is 0. The first-order valence-electron chi connectivity index (χ1n) is 6.68. The maximum absolute atomic E-state index is 5.87. The number of aromatic amines is 1. The fraction of sp³-hybridized carbons (Fsp3) is 0.533. The summed E-state index contributed by atoms with van der Waals surface area (Å²) in [6.07, 6.45) is 1.08. The molecular formula is C15H23N3. The van der Waals surface area contributed by atoms with Crippen LogP contribution in [0.4, 0.5) is 0 Å². The summed E-state index contributed by atoms with van der Waals surface area (Å²) >= 11 is 0. The van der Waals surface area contributed by atoms with E-state index in [0.717, 1.165) is 23.3 Å². The van der Waals surface area contributed by atoms with Gasteiger partial charge in [-0.2, -0.15) is 0 Å². The lowest BCUT2D eigenvalue weighted by Crippen LogP contribution is -2.15. The van der Waals surface area contributed by atoms with E-state index in [1.165, 1.54) is 11.1 Å². The van der Waals surface area contributed by atoms with Crippen LogP contribution in [0, 0.1) is 19.8 Å². The van der Waals surface area contributed by atoms with Gasteiger partial charge in [0, 0.05) is 12.5 Å². The van der Waals surface area contributed by atoms with E-state index in [4.69, 9.17) is 10.7 Å². The number of nitrogens with one attached hydrogen (secondary N) is 1. The van der Waals surface area contributed by atoms with Crippen molar-refractivity contribution in [2.24, 2.45) is 11.7 Å². The predicted octanol–water partition coefficient (Wildman–Crippen LogP) is 3.27. The Morgan fingerprint density at radius 2 is 1.89 bits per heavy atom. The molecule has 1 unspecified atom stereocenters. The van der Waals surface area contributed by atoms with E-state index in [9.17, 15) is 0 Å². The van der Waals surface area contributed by atoms with E-state index in [0.29, 0.717) is 18.4 Å². The van der Waals surface area contributed by atoms with Crippen molar-refractivity contribution in [2.75, 3.05) is 6.54 Å². The summed E-state index contributed by atoms with van der Waals surface area (Å²) in [4.78, 5) is 8.13. The van der Waals surface area contributed by atoms with E-state index in [2.05, 4.69) is 44.8 Å². The Morgan fingerprint density at radius 3 is 2.50 bits per heavy atom. The SMILES string of the molecule is Cc1cc2nc(C(CN)CC(C)C)[nH]c2cc1C. The Kier molecular flexibility index (Phi) is 3.71. The molecule has 1 heterocycles. The van der Waals surface area contributed by atoms with Crippen LogP contribution in [0.25, 0.3) is 11.0 Å². The third-order valence-electron chi connectivity index (χ3n) is 3.54. The van der Waals surface area contributed by atoms with Gasteiger partial charge >= 0.3 is 0 Å². The van der Waals surface area contributed by atoms with Crippen LogP contribution in [0.15, 0.2) is 12.1 Å². The molecule has 3 nitrogen and oxygen atoms in total. The molecule has 0 fully saturated rings. The molecule has 1 aromatic heterocycles. The molecule has 0 spiro atoms. The molecule has 0 radical (unpaired) electrons. The number of H-pyrrole nitrogens is 1. The lowest BCUT2D eigenvalue weighted by atomic mass is 9.97. The monoisotopic (exact) mass is 245 g/mol. The van der Waals surface area contributed by atoms with E-state index < -0.39 is 0 Å². The van der Waals surface area contributed by atoms with Crippen LogP contribution in [-0.2, 0) is 0 Å². The molecule has 0 aliphatic heterocycles. The highest BCUT2D eigenvalue weighted by Crippen LogP contribution is 2.24. The zero-order valence-corrected chi connectivity index (χ0v) is 11.7. The molecule has 0 bridgehead atoms. The van der Waals surface area contributed by atoms with Crippen molar-refractivity contribution in [1.82, 2.24) is 9.97 Å². The van der Waals surface area contributed by atoms with Gasteiger partial charge in [0.15, 0.2) is 0 Å². The summed E-state index contributed by atoms with van der Waals surface area (Å²) in [7, 11) is 0. The zero-order valence-electron chi connectivity index (χ0n) is 11.7. The summed E-state index contributed by atoms with van der Waals surface area (Å²) in [5.74, 6) is 2.00. The van der Waals surface area contributed by atoms with Crippen molar-refractivity contribution in [3.63, 3.8) is 0 Å². The number of hydrogen-bond acceptors (Lipinski definition) is 2. The second kappa shape index (κ2) is 5.11. The molecule has 98 valence electrons. The molecule has 0 aliphatic carbocycles. The van der Waals surface area contributed by atoms with Crippen LogP contribution in [0.2, 0.25) is 0 Å². The van der Waals surface area contributed by atoms with Crippen molar-refractivity contribution >= 4 is 11.0 Å². The van der Waals surface area contributed by atoms with Gasteiger partial charge < -0.3 is 10.7 Å². The van der Waals surface area contributed by atoms with Gasteiger partial charge in [-0.05, 0) is 49.4 Å². The molecule has 0 aliphatic rings. The summed E-state index contributed by atoms with van der Waals surface area (Å²) in [5, 5.41) is 0. The van der Waals surface area contributed by atoms with Gasteiger partial charge in [-0.15, -0.1) is 0 Å². The number of rotatable bonds is 4. The molecule has 0 saturated heterocycles. The third-order valence-corrected chi connectivity index (χ3v) is 3.54. The summed E-state index contributed by atoms with van der Waals surface area (Å²) in [6.45, 7) is 9.34. The number of benzene rings is 1. The van der Waals surface area contributed by atoms with E-state index >= 15 is 0 Å². The maximum Gasteiger partial charge on any atom is 0.111 e. The molecule has 18 heavy (non-hydrogen) atoms. The number of aryl methyl sites for hydroxylation is 2. The van der Waals surface area contributed by atoms with Crippen LogP contribution >= 0.6 is 0 Å². The Hall–Kier alpha value is -1.35. The van der Waals surface area contributed by atoms with Crippen molar-refractivity contribution in [3.05, 3.63) is 29.1 Å². The van der Waals surface area contributed by atoms with Crippen LogP contribution in [0.1, 0.15) is 43.1 Å². The number of imidazole rings is 1. The fourth-order valence-corrected chi connectivity index (χ4v) is 2.37. The number of hydrogen-bond donors (Lipinski definition) is 2. The normalized spacial score (nSPS) is 13.4. The Bertz CT molecular complexity index is 501. The summed E-state index contributed by atoms with van der Waals surface area (Å²) in [6, 6.07) is 4.32. The molecule has 0 amide bonds. The van der Waals surface area contributed by atoms with Crippen LogP contribution < -0.4 is 5.73 Å². The molecule has 2 rings (SSSR count). The van der Waals surface area contributed by atoms with Crippen molar-refractivity contribution in [2.45, 2.75) is 40.0 Å². The van der Waals surface area contributed by atoms with Crippen molar-refractivity contribution in [3.8, 4) is 0 Å². The van der Waals surface area contributed by atoms with E-state index in [-0.39, 0.29) is 0 Å². The largest absolute Gasteiger partial charge is 0.342 e. The second-order valence-electron chi connectivity index (χ2n) is 5.64. The zero-order chi connectivity index (χ0) is 13.3. The highest BCUT2D eigenvalue weighted by atomic mass is 14.9. The minimum Gasteiger partial charge on any atom is -0.342 e. The maximum atomic E-state index is 5.87. The lowest BCUT2D eigenvalue weighted by Gasteiger charge is -2.14. The highest BCUT2D eigenvalue weighted by molar-refractivity contribution is 5.77. The van der Waals surface area contributed by atoms with Gasteiger partial charge in [-0.3, -0.25) is 0 Å². The smallest absolute Gasteiger partial charge is 0.111 e. The average Bonchev–Trinajstić information content (AvgIpc) is 2.69. The van der Waals surface area contributed by atoms with Gasteiger partial charge in [0.25, 0.3) is 0 Å². The van der Waals surface area contributed by atoms with E-state index in [1.54, 1.807) is 0 Å². The van der Waals surface area contributed by atoms with Gasteiger partial charge in [-0.1, -0.05) is 13.8 Å². The van der Waals surface area contributed by atoms with E-state index in [1.807, 2.05) is 0 Å². The summed E-state index contributed by atoms with van der Waals surface area (Å²) in [5.41, 5.74) is 10.6. The van der Waals surface area contributed by atoms with Gasteiger partial charge in [0.1, 0.15) is 5.82 Å². The first kappa shape index (κ1) is 13.1. The molecule has 0 saturated carbocycles. The molecule has 3 heteroatoms. The number of nitrogens with zero attached hydrogens (tertiary/aromatic N) is 1. The number of aromatic nitrogens is 2. The third kappa shape index (κ3) is 2.56. The minimum absolute atomic E-state index is 0.331. The highest BCUT2D eigenvalue weighted by Gasteiger charge is 2.16. The van der Waals surface area contributed by atoms with Crippen LogP contribution in [-0.4, -0.2) is 16.5 Å².